The SMILES string of the molecule is [2H]c1cc2c(-c3c([2H])c([2H])c(-c4c([2H])c([2H])c([2H])c([2H])c4[2H])c([2H])c3[2H])c3cc([2H])c([2H])cc3c(-c3c([2H])c([2H])c([2H])c4oc5c([2H])c([2H])c([2H])c([2H])c5c34)c2cc1[2H]. The van der Waals surface area contributed by atoms with E-state index in [9.17, 15) is 4.11 Å². The maximum Gasteiger partial charge on any atom is 0.136 e. The molecule has 0 atom stereocenters. The van der Waals surface area contributed by atoms with E-state index in [4.69, 9.17) is 27.7 Å². The fourth-order valence-corrected chi connectivity index (χ4v) is 4.91. The van der Waals surface area contributed by atoms with E-state index < -0.39 is 113 Å². The number of para-hydroxylation sites is 1. The third-order valence-corrected chi connectivity index (χ3v) is 6.51. The molecular weight excluding hydrogens is 472 g/mol. The molecule has 0 spiro atoms. The van der Waals surface area contributed by atoms with Crippen molar-refractivity contribution < 1.29 is 31.8 Å². The van der Waals surface area contributed by atoms with Gasteiger partial charge in [-0.2, -0.15) is 0 Å². The van der Waals surface area contributed by atoms with Crippen molar-refractivity contribution in [1.82, 2.24) is 0 Å². The second-order valence-electron chi connectivity index (χ2n) is 8.57. The summed E-state index contributed by atoms with van der Waals surface area (Å²) < 4.78 is 179. The summed E-state index contributed by atoms with van der Waals surface area (Å²) in [5.41, 5.74) is -2.74. The lowest BCUT2D eigenvalue weighted by molar-refractivity contribution is 0.669. The van der Waals surface area contributed by atoms with Crippen LogP contribution in [0.1, 0.15) is 27.4 Å². The number of benzene rings is 7. The normalized spacial score (nSPS) is 18.8. The molecule has 8 rings (SSSR count). The van der Waals surface area contributed by atoms with Gasteiger partial charge in [-0.15, -0.1) is 0 Å². The van der Waals surface area contributed by atoms with Gasteiger partial charge in [0, 0.05) is 10.8 Å². The maximum absolute atomic E-state index is 9.28. The Morgan fingerprint density at radius 2 is 0.923 bits per heavy atom. The second kappa shape index (κ2) is 8.72. The molecule has 0 bridgehead atoms. The van der Waals surface area contributed by atoms with E-state index >= 15 is 0 Å². The zero-order chi connectivity index (χ0) is 43.2. The van der Waals surface area contributed by atoms with Crippen molar-refractivity contribution in [2.45, 2.75) is 0 Å². The summed E-state index contributed by atoms with van der Waals surface area (Å²) in [5, 5.41) is -0.513. The van der Waals surface area contributed by atoms with E-state index in [2.05, 4.69) is 0 Å². The van der Waals surface area contributed by atoms with E-state index in [0.717, 1.165) is 0 Å². The Morgan fingerprint density at radius 3 is 1.62 bits per heavy atom. The lowest BCUT2D eigenvalue weighted by Crippen LogP contribution is -1.91. The van der Waals surface area contributed by atoms with Gasteiger partial charge in [-0.3, -0.25) is 0 Å². The lowest BCUT2D eigenvalue weighted by Gasteiger charge is -2.18. The Bertz CT molecular complexity index is 3150. The van der Waals surface area contributed by atoms with Gasteiger partial charge in [-0.1, -0.05) is 133 Å². The average Bonchev–Trinajstić information content (AvgIpc) is 3.60. The highest BCUT2D eigenvalue weighted by atomic mass is 16.3. The van der Waals surface area contributed by atoms with Gasteiger partial charge >= 0.3 is 0 Å². The average molecular weight is 517 g/mol. The molecule has 0 aliphatic heterocycles. The molecule has 1 nitrogen and oxygen atoms in total. The first kappa shape index (κ1) is 9.87. The van der Waals surface area contributed by atoms with Gasteiger partial charge in [0.2, 0.25) is 0 Å². The minimum atomic E-state index is -0.796. The molecule has 0 aliphatic carbocycles. The molecule has 1 heteroatoms. The van der Waals surface area contributed by atoms with Crippen LogP contribution in [-0.4, -0.2) is 0 Å². The molecule has 39 heavy (non-hydrogen) atoms. The predicted molar refractivity (Wildman–Crippen MR) is 165 cm³/mol. The van der Waals surface area contributed by atoms with Gasteiger partial charge in [0.05, 0.1) is 27.4 Å². The molecule has 8 aromatic rings. The first-order valence-corrected chi connectivity index (χ1v) is 11.7. The van der Waals surface area contributed by atoms with Crippen LogP contribution in [0.3, 0.4) is 0 Å². The number of hydrogen-bond donors (Lipinski definition) is 0. The van der Waals surface area contributed by atoms with Crippen LogP contribution in [-0.2, 0) is 0 Å². The van der Waals surface area contributed by atoms with E-state index in [1.54, 1.807) is 0 Å². The summed E-state index contributed by atoms with van der Waals surface area (Å²) in [7, 11) is 0. The molecule has 0 radical (unpaired) electrons. The first-order chi connectivity index (χ1) is 27.6. The van der Waals surface area contributed by atoms with Gasteiger partial charge in [0.25, 0.3) is 0 Å². The summed E-state index contributed by atoms with van der Waals surface area (Å²) in [6.07, 6.45) is 0. The number of furan rings is 1. The summed E-state index contributed by atoms with van der Waals surface area (Å²) in [4.78, 5) is 0. The van der Waals surface area contributed by atoms with E-state index in [0.29, 0.717) is 0 Å². The van der Waals surface area contributed by atoms with Crippen molar-refractivity contribution in [2.24, 2.45) is 0 Å². The zero-order valence-electron chi connectivity index (χ0n) is 39.7. The molecule has 0 amide bonds. The van der Waals surface area contributed by atoms with Crippen LogP contribution in [0.5, 0.6) is 0 Å². The summed E-state index contributed by atoms with van der Waals surface area (Å²) in [6.45, 7) is 0. The first-order valence-electron chi connectivity index (χ1n) is 21.7. The van der Waals surface area contributed by atoms with Crippen molar-refractivity contribution in [3.63, 3.8) is 0 Å². The summed E-state index contributed by atoms with van der Waals surface area (Å²) in [5.74, 6) is 0. The molecule has 0 N–H and O–H groups in total. The minimum absolute atomic E-state index is 0.0145. The van der Waals surface area contributed by atoms with Gasteiger partial charge in [-0.25, -0.2) is 0 Å². The van der Waals surface area contributed by atoms with Crippen molar-refractivity contribution in [3.8, 4) is 33.4 Å². The molecule has 7 aromatic carbocycles. The Morgan fingerprint density at radius 1 is 0.385 bits per heavy atom. The lowest BCUT2D eigenvalue weighted by atomic mass is 9.84. The van der Waals surface area contributed by atoms with Crippen molar-refractivity contribution in [3.05, 3.63) is 145 Å². The Labute approximate surface area is 254 Å². The molecule has 0 saturated carbocycles. The largest absolute Gasteiger partial charge is 0.456 e. The van der Waals surface area contributed by atoms with Crippen LogP contribution in [0.2, 0.25) is 0 Å². The van der Waals surface area contributed by atoms with Crippen molar-refractivity contribution >= 4 is 43.5 Å². The van der Waals surface area contributed by atoms with E-state index in [-0.39, 0.29) is 84.3 Å². The Hall–Kier alpha value is -5.14. The Kier molecular flexibility index (Phi) is 2.21. The van der Waals surface area contributed by atoms with Crippen molar-refractivity contribution in [1.29, 1.82) is 0 Å². The van der Waals surface area contributed by atoms with Crippen molar-refractivity contribution in [2.75, 3.05) is 0 Å². The number of hydrogen-bond acceptors (Lipinski definition) is 1. The molecule has 1 heterocycles. The summed E-state index contributed by atoms with van der Waals surface area (Å²) >= 11 is 0. The minimum Gasteiger partial charge on any atom is -0.456 e. The molecule has 0 fully saturated rings. The van der Waals surface area contributed by atoms with E-state index in [1.807, 2.05) is 0 Å². The van der Waals surface area contributed by atoms with Crippen LogP contribution >= 0.6 is 0 Å². The molecule has 182 valence electrons. The topological polar surface area (TPSA) is 13.1 Å². The highest BCUT2D eigenvalue weighted by molar-refractivity contribution is 6.25. The molecular formula is C38H24O. The monoisotopic (exact) mass is 516 g/mol. The predicted octanol–water partition coefficient (Wildman–Crippen LogP) is 10.9. The highest BCUT2D eigenvalue weighted by Crippen LogP contribution is 2.46. The Balaban J connectivity index is 1.63. The maximum atomic E-state index is 9.28. The van der Waals surface area contributed by atoms with Crippen LogP contribution in [0.15, 0.2) is 150 Å². The van der Waals surface area contributed by atoms with Gasteiger partial charge < -0.3 is 4.42 Å². The third-order valence-electron chi connectivity index (χ3n) is 6.51. The van der Waals surface area contributed by atoms with Crippen LogP contribution in [0.25, 0.3) is 76.9 Å². The fraction of sp³-hybridized carbons (Fsp3) is 0. The summed E-state index contributed by atoms with van der Waals surface area (Å²) in [6, 6.07) is -8.08. The van der Waals surface area contributed by atoms with Gasteiger partial charge in [0.15, 0.2) is 0 Å². The fourth-order valence-electron chi connectivity index (χ4n) is 4.91. The van der Waals surface area contributed by atoms with Gasteiger partial charge in [0.1, 0.15) is 11.2 Å². The van der Waals surface area contributed by atoms with Crippen LogP contribution in [0.4, 0.5) is 0 Å². The zero-order valence-corrected chi connectivity index (χ0v) is 19.7. The standard InChI is InChI=1S/C38H24O/c1-2-11-25(12-3-1)26-21-23-27(24-22-26)36-28-13-4-6-15-30(28)37(31-16-7-5-14-29(31)36)33-18-10-20-35-38(33)32-17-8-9-19-34(32)39-35/h1-24H/i1D,2D,3D,4D,5D,6D,7D,8D,9D,10D,11D,12D,17D,18D,19D,20D,21D,22D,23D,24D. The quantitative estimate of drug-likeness (QED) is 0.213. The smallest absolute Gasteiger partial charge is 0.136 e. The molecule has 1 aromatic heterocycles. The van der Waals surface area contributed by atoms with Crippen LogP contribution in [0, 0.1) is 0 Å². The van der Waals surface area contributed by atoms with Crippen LogP contribution < -0.4 is 0 Å². The number of rotatable bonds is 3. The molecule has 0 unspecified atom stereocenters. The highest BCUT2D eigenvalue weighted by Gasteiger charge is 2.19. The number of fused-ring (bicyclic) bond motifs is 5. The second-order valence-corrected chi connectivity index (χ2v) is 8.57. The molecule has 0 saturated heterocycles. The van der Waals surface area contributed by atoms with E-state index in [1.165, 1.54) is 24.3 Å². The molecule has 0 aliphatic rings. The third kappa shape index (κ3) is 3.41. The van der Waals surface area contributed by atoms with Gasteiger partial charge in [-0.05, 0) is 67.0 Å².